The summed E-state index contributed by atoms with van der Waals surface area (Å²) in [5.74, 6) is 2.53. The highest BCUT2D eigenvalue weighted by Crippen LogP contribution is 2.44. The molecule has 0 saturated carbocycles. The Balaban J connectivity index is 1.32. The van der Waals surface area contributed by atoms with E-state index in [1.165, 1.54) is 76.6 Å². The van der Waals surface area contributed by atoms with Crippen LogP contribution in [0.1, 0.15) is 47.5 Å². The van der Waals surface area contributed by atoms with Crippen LogP contribution in [0.15, 0.2) is 92.8 Å². The summed E-state index contributed by atoms with van der Waals surface area (Å²) in [5, 5.41) is 7.61. The number of rotatable bonds is 4. The highest BCUT2D eigenvalue weighted by molar-refractivity contribution is 6.71. The van der Waals surface area contributed by atoms with Crippen molar-refractivity contribution in [2.75, 3.05) is 0 Å². The van der Waals surface area contributed by atoms with E-state index < -0.39 is 0 Å². The van der Waals surface area contributed by atoms with E-state index in [4.69, 9.17) is 14.4 Å². The Morgan fingerprint density at radius 3 is 2.04 bits per heavy atom. The van der Waals surface area contributed by atoms with Gasteiger partial charge in [0.25, 0.3) is 0 Å². The topological polar surface area (TPSA) is 54.8 Å². The molecule has 2 unspecified atom stereocenters. The van der Waals surface area contributed by atoms with Gasteiger partial charge in [-0.3, -0.25) is 0 Å². The van der Waals surface area contributed by atoms with Crippen LogP contribution in [0.3, 0.4) is 0 Å². The summed E-state index contributed by atoms with van der Waals surface area (Å²) in [6.45, 7) is 0. The Bertz CT molecular complexity index is 2590. The van der Waals surface area contributed by atoms with E-state index >= 15 is 0 Å². The molecule has 2 aromatic heterocycles. The van der Waals surface area contributed by atoms with Gasteiger partial charge in [-0.1, -0.05) is 99.5 Å². The molecule has 6 aromatic rings. The standard InChI is InChI=1S/C38H36B8N4O/c39-26-24-25-27(40)29(42)31(44)33(46)35(25)50(34(24)32(45)30(43)28(26)41)19-14-15-21-23(19)22-18(12-7-13-20(22)51-21)38-48-36(16-8-3-1-4-9-16)47-37(49-38)17-10-5-2-6-11-17/h1-5,7-10,12-15,19,36H,6,11,39-46H2,(H,47,48,49). The van der Waals surface area contributed by atoms with E-state index in [0.29, 0.717) is 0 Å². The maximum absolute atomic E-state index is 6.71. The fraction of sp³-hybridized carbons (Fsp3) is 0.105. The van der Waals surface area contributed by atoms with Crippen LogP contribution in [0.4, 0.5) is 0 Å². The summed E-state index contributed by atoms with van der Waals surface area (Å²) in [7, 11) is 18.4. The Hall–Kier alpha value is -4.90. The predicted octanol–water partition coefficient (Wildman–Crippen LogP) is -5.05. The number of furan rings is 1. The highest BCUT2D eigenvalue weighted by Gasteiger charge is 2.34. The molecule has 9 rings (SSSR count). The van der Waals surface area contributed by atoms with E-state index in [1.807, 2.05) is 0 Å². The van der Waals surface area contributed by atoms with Gasteiger partial charge in [0.15, 0.2) is 5.84 Å². The number of nitrogens with zero attached hydrogens (tertiary/aromatic N) is 3. The van der Waals surface area contributed by atoms with Gasteiger partial charge in [0.05, 0.1) is 6.04 Å². The van der Waals surface area contributed by atoms with E-state index in [9.17, 15) is 0 Å². The fourth-order valence-corrected chi connectivity index (χ4v) is 8.81. The van der Waals surface area contributed by atoms with Gasteiger partial charge in [-0.15, -0.1) is 10.9 Å². The van der Waals surface area contributed by atoms with Crippen molar-refractivity contribution < 1.29 is 4.42 Å². The summed E-state index contributed by atoms with van der Waals surface area (Å²) < 4.78 is 9.35. The largest absolute Gasteiger partial charge is 0.456 e. The van der Waals surface area contributed by atoms with Crippen molar-refractivity contribution in [2.24, 2.45) is 9.98 Å². The Kier molecular flexibility index (Phi) is 7.43. The van der Waals surface area contributed by atoms with Crippen molar-refractivity contribution in [3.63, 3.8) is 0 Å². The molecular weight excluding hydrogens is 615 g/mol. The normalized spacial score (nSPS) is 18.2. The number of hydrogen-bond acceptors (Lipinski definition) is 4. The van der Waals surface area contributed by atoms with Crippen LogP contribution >= 0.6 is 0 Å². The number of benzene rings is 4. The lowest BCUT2D eigenvalue weighted by molar-refractivity contribution is 0.598. The second-order valence-electron chi connectivity index (χ2n) is 14.7. The molecule has 0 bridgehead atoms. The molecule has 2 aliphatic carbocycles. The van der Waals surface area contributed by atoms with Crippen LogP contribution in [0.2, 0.25) is 0 Å². The molecule has 3 aliphatic rings. The average molecular weight is 651 g/mol. The Morgan fingerprint density at radius 2 is 1.39 bits per heavy atom. The Morgan fingerprint density at radius 1 is 0.725 bits per heavy atom. The minimum absolute atomic E-state index is 0.0590. The molecule has 0 spiro atoms. The first-order chi connectivity index (χ1) is 24.7. The van der Waals surface area contributed by atoms with E-state index in [-0.39, 0.29) is 12.2 Å². The molecule has 2 atom stereocenters. The van der Waals surface area contributed by atoms with Gasteiger partial charge >= 0.3 is 0 Å². The number of allylic oxidation sites excluding steroid dienone is 4. The van der Waals surface area contributed by atoms with Crippen molar-refractivity contribution in [3.05, 3.63) is 101 Å². The zero-order chi connectivity index (χ0) is 35.3. The van der Waals surface area contributed by atoms with E-state index in [2.05, 4.69) is 152 Å². The maximum Gasteiger partial charge on any atom is 0.155 e. The summed E-state index contributed by atoms with van der Waals surface area (Å²) in [4.78, 5) is 10.4. The van der Waals surface area contributed by atoms with Crippen LogP contribution in [0.25, 0.3) is 38.9 Å². The number of amidine groups is 2. The van der Waals surface area contributed by atoms with Crippen LogP contribution in [0.5, 0.6) is 0 Å². The summed E-state index contributed by atoms with van der Waals surface area (Å²) in [5.41, 5.74) is 18.9. The molecule has 4 aromatic carbocycles. The third kappa shape index (κ3) is 4.66. The van der Waals surface area contributed by atoms with Crippen molar-refractivity contribution in [2.45, 2.75) is 25.0 Å². The molecule has 5 nitrogen and oxygen atoms in total. The lowest BCUT2D eigenvalue weighted by Gasteiger charge is -2.25. The summed E-state index contributed by atoms with van der Waals surface area (Å²) in [6, 6.07) is 16.8. The minimum Gasteiger partial charge on any atom is -0.456 e. The molecule has 1 N–H and O–H groups in total. The number of hydrogen-bond donors (Lipinski definition) is 1. The fourth-order valence-electron chi connectivity index (χ4n) is 8.81. The van der Waals surface area contributed by atoms with Crippen LogP contribution < -0.4 is 49.0 Å². The zero-order valence-corrected chi connectivity index (χ0v) is 30.8. The van der Waals surface area contributed by atoms with Gasteiger partial charge in [-0.2, -0.15) is 0 Å². The number of aromatic nitrogens is 1. The van der Waals surface area contributed by atoms with Gasteiger partial charge in [-0.05, 0) is 46.9 Å². The molecule has 13 heteroatoms. The first kappa shape index (κ1) is 32.0. The molecule has 0 saturated heterocycles. The van der Waals surface area contributed by atoms with Crippen molar-refractivity contribution in [3.8, 4) is 0 Å². The van der Waals surface area contributed by atoms with Gasteiger partial charge < -0.3 is 14.3 Å². The monoisotopic (exact) mass is 652 g/mol. The van der Waals surface area contributed by atoms with Gasteiger partial charge in [0.1, 0.15) is 86.1 Å². The van der Waals surface area contributed by atoms with Crippen molar-refractivity contribution >= 4 is 157 Å². The average Bonchev–Trinajstić information content (AvgIpc) is 3.85. The lowest BCUT2D eigenvalue weighted by atomic mass is 9.63. The zero-order valence-electron chi connectivity index (χ0n) is 30.8. The van der Waals surface area contributed by atoms with E-state index in [0.717, 1.165) is 52.4 Å². The number of fused-ring (bicyclic) bond motifs is 6. The molecule has 0 radical (unpaired) electrons. The first-order valence-corrected chi connectivity index (χ1v) is 18.2. The molecule has 0 fully saturated rings. The quantitative estimate of drug-likeness (QED) is 0.195. The van der Waals surface area contributed by atoms with Gasteiger partial charge in [0, 0.05) is 27.5 Å². The number of aliphatic imine (C=N–C) groups is 2. The summed E-state index contributed by atoms with van der Waals surface area (Å²) in [6.07, 6.45) is 12.7. The van der Waals surface area contributed by atoms with E-state index in [1.54, 1.807) is 0 Å². The van der Waals surface area contributed by atoms with Crippen LogP contribution in [-0.2, 0) is 0 Å². The SMILES string of the molecule is Bc1c(B)c(B)c2c(c1B)c1c(B)c(B)c(B)c(B)c1n2C1C=Cc2oc3cccc(C4=NC(C5=CC=CCC5)=NC(c5ccccc5)N4)c3c21. The molecule has 3 heterocycles. The third-order valence-electron chi connectivity index (χ3n) is 12.2. The van der Waals surface area contributed by atoms with Gasteiger partial charge in [-0.25, -0.2) is 9.98 Å². The van der Waals surface area contributed by atoms with Crippen LogP contribution in [0, 0.1) is 0 Å². The summed E-state index contributed by atoms with van der Waals surface area (Å²) >= 11 is 0. The Labute approximate surface area is 306 Å². The molecule has 238 valence electrons. The van der Waals surface area contributed by atoms with Crippen LogP contribution in [-0.4, -0.2) is 79.0 Å². The predicted molar refractivity (Wildman–Crippen MR) is 241 cm³/mol. The third-order valence-corrected chi connectivity index (χ3v) is 12.2. The molecule has 51 heavy (non-hydrogen) atoms. The second-order valence-corrected chi connectivity index (χ2v) is 14.7. The molecular formula is C38H36B8N4O. The van der Waals surface area contributed by atoms with Gasteiger partial charge in [0.2, 0.25) is 0 Å². The second kappa shape index (κ2) is 11.8. The maximum atomic E-state index is 6.71. The smallest absolute Gasteiger partial charge is 0.155 e. The first-order valence-electron chi connectivity index (χ1n) is 18.2. The lowest BCUT2D eigenvalue weighted by Crippen LogP contribution is -2.49. The highest BCUT2D eigenvalue weighted by atomic mass is 16.3. The van der Waals surface area contributed by atoms with Crippen molar-refractivity contribution in [1.82, 2.24) is 9.88 Å². The minimum atomic E-state index is -0.254. The number of nitrogens with one attached hydrogen (secondary N) is 1. The van der Waals surface area contributed by atoms with Crippen molar-refractivity contribution in [1.29, 1.82) is 0 Å². The molecule has 0 amide bonds. The molecule has 1 aliphatic heterocycles.